The van der Waals surface area contributed by atoms with Crippen LogP contribution in [0, 0.1) is 0 Å². The molecule has 0 amide bonds. The molecule has 0 aliphatic heterocycles. The van der Waals surface area contributed by atoms with Crippen molar-refractivity contribution in [3.63, 3.8) is 0 Å². The third-order valence-corrected chi connectivity index (χ3v) is 4.51. The Morgan fingerprint density at radius 1 is 1.04 bits per heavy atom. The fraction of sp³-hybridized carbons (Fsp3) is 0.208. The molecular weight excluding hydrogens is 334 g/mol. The van der Waals surface area contributed by atoms with Gasteiger partial charge in [-0.1, -0.05) is 73.7 Å². The SMILES string of the molecule is CCOC(=O)/C(=C/C=C/c1cn(Cc2ccccc2)c2ccccc12)CC. The fourth-order valence-corrected chi connectivity index (χ4v) is 3.14. The van der Waals surface area contributed by atoms with Crippen molar-refractivity contribution in [3.05, 3.63) is 89.6 Å². The van der Waals surface area contributed by atoms with Gasteiger partial charge in [-0.2, -0.15) is 0 Å². The largest absolute Gasteiger partial charge is 0.463 e. The molecule has 3 nitrogen and oxygen atoms in total. The van der Waals surface area contributed by atoms with Gasteiger partial charge in [0.05, 0.1) is 6.61 Å². The van der Waals surface area contributed by atoms with Crippen molar-refractivity contribution >= 4 is 22.9 Å². The number of fused-ring (bicyclic) bond motifs is 1. The predicted molar refractivity (Wildman–Crippen MR) is 112 cm³/mol. The Morgan fingerprint density at radius 3 is 2.52 bits per heavy atom. The van der Waals surface area contributed by atoms with E-state index in [-0.39, 0.29) is 5.97 Å². The summed E-state index contributed by atoms with van der Waals surface area (Å²) in [5, 5.41) is 1.20. The minimum atomic E-state index is -0.240. The van der Waals surface area contributed by atoms with E-state index < -0.39 is 0 Å². The smallest absolute Gasteiger partial charge is 0.333 e. The number of benzene rings is 2. The molecule has 2 aromatic carbocycles. The van der Waals surface area contributed by atoms with Crippen LogP contribution < -0.4 is 0 Å². The van der Waals surface area contributed by atoms with Crippen LogP contribution in [0.4, 0.5) is 0 Å². The normalized spacial score (nSPS) is 12.0. The Balaban J connectivity index is 1.90. The second-order valence-electron chi connectivity index (χ2n) is 6.34. The molecule has 0 radical (unpaired) electrons. The molecule has 1 aromatic heterocycles. The maximum Gasteiger partial charge on any atom is 0.333 e. The molecule has 0 aliphatic rings. The first-order valence-electron chi connectivity index (χ1n) is 9.39. The van der Waals surface area contributed by atoms with Gasteiger partial charge < -0.3 is 9.30 Å². The Bertz CT molecular complexity index is 964. The molecule has 0 unspecified atom stereocenters. The Labute approximate surface area is 160 Å². The van der Waals surface area contributed by atoms with E-state index in [2.05, 4.69) is 65.4 Å². The highest BCUT2D eigenvalue weighted by Gasteiger charge is 2.08. The van der Waals surface area contributed by atoms with E-state index in [1.807, 2.05) is 32.1 Å². The number of hydrogen-bond acceptors (Lipinski definition) is 2. The van der Waals surface area contributed by atoms with Gasteiger partial charge in [0, 0.05) is 29.2 Å². The van der Waals surface area contributed by atoms with Gasteiger partial charge in [0.1, 0.15) is 0 Å². The maximum absolute atomic E-state index is 11.9. The van der Waals surface area contributed by atoms with E-state index in [0.717, 1.165) is 12.1 Å². The van der Waals surface area contributed by atoms with E-state index in [1.165, 1.54) is 16.5 Å². The summed E-state index contributed by atoms with van der Waals surface area (Å²) >= 11 is 0. The number of rotatable bonds is 7. The topological polar surface area (TPSA) is 31.2 Å². The van der Waals surface area contributed by atoms with Gasteiger partial charge in [-0.15, -0.1) is 0 Å². The Kier molecular flexibility index (Phi) is 6.26. The Hall–Kier alpha value is -3.07. The highest BCUT2D eigenvalue weighted by molar-refractivity contribution is 5.91. The minimum absolute atomic E-state index is 0.240. The number of allylic oxidation sites excluding steroid dienone is 2. The summed E-state index contributed by atoms with van der Waals surface area (Å²) in [5.74, 6) is -0.240. The average molecular weight is 359 g/mol. The molecule has 138 valence electrons. The molecule has 0 saturated heterocycles. The molecule has 0 spiro atoms. The second kappa shape index (κ2) is 9.04. The van der Waals surface area contributed by atoms with Crippen LogP contribution in [0.25, 0.3) is 17.0 Å². The van der Waals surface area contributed by atoms with Crippen molar-refractivity contribution in [2.24, 2.45) is 0 Å². The summed E-state index contributed by atoms with van der Waals surface area (Å²) < 4.78 is 7.36. The lowest BCUT2D eigenvalue weighted by atomic mass is 10.1. The predicted octanol–water partition coefficient (Wildman–Crippen LogP) is 5.60. The van der Waals surface area contributed by atoms with Gasteiger partial charge in [-0.05, 0) is 30.5 Å². The van der Waals surface area contributed by atoms with Gasteiger partial charge in [0.25, 0.3) is 0 Å². The lowest BCUT2D eigenvalue weighted by molar-refractivity contribution is -0.138. The van der Waals surface area contributed by atoms with Gasteiger partial charge in [0.15, 0.2) is 0 Å². The van der Waals surface area contributed by atoms with Crippen LogP contribution in [0.3, 0.4) is 0 Å². The number of esters is 1. The van der Waals surface area contributed by atoms with Crippen LogP contribution in [0.5, 0.6) is 0 Å². The summed E-state index contributed by atoms with van der Waals surface area (Å²) in [6.07, 6.45) is 8.65. The second-order valence-corrected chi connectivity index (χ2v) is 6.34. The van der Waals surface area contributed by atoms with Crippen LogP contribution in [-0.4, -0.2) is 17.1 Å². The van der Waals surface area contributed by atoms with E-state index in [4.69, 9.17) is 4.74 Å². The van der Waals surface area contributed by atoms with E-state index in [1.54, 1.807) is 0 Å². The molecule has 0 saturated carbocycles. The number of nitrogens with zero attached hydrogens (tertiary/aromatic N) is 1. The quantitative estimate of drug-likeness (QED) is 0.312. The lowest BCUT2D eigenvalue weighted by Gasteiger charge is -2.05. The van der Waals surface area contributed by atoms with Crippen LogP contribution >= 0.6 is 0 Å². The summed E-state index contributed by atoms with van der Waals surface area (Å²) in [6, 6.07) is 18.8. The third-order valence-electron chi connectivity index (χ3n) is 4.51. The van der Waals surface area contributed by atoms with E-state index in [9.17, 15) is 4.79 Å². The molecule has 1 heterocycles. The third kappa shape index (κ3) is 4.56. The highest BCUT2D eigenvalue weighted by Crippen LogP contribution is 2.23. The van der Waals surface area contributed by atoms with Crippen molar-refractivity contribution < 1.29 is 9.53 Å². The van der Waals surface area contributed by atoms with Crippen LogP contribution in [0.1, 0.15) is 31.4 Å². The van der Waals surface area contributed by atoms with Gasteiger partial charge >= 0.3 is 5.97 Å². The number of carbonyl (C=O) groups excluding carboxylic acids is 1. The summed E-state index contributed by atoms with van der Waals surface area (Å²) in [4.78, 5) is 11.9. The zero-order valence-electron chi connectivity index (χ0n) is 15.9. The van der Waals surface area contributed by atoms with Crippen LogP contribution in [0.2, 0.25) is 0 Å². The number of para-hydroxylation sites is 1. The number of carbonyl (C=O) groups is 1. The molecule has 0 fully saturated rings. The number of ether oxygens (including phenoxy) is 1. The van der Waals surface area contributed by atoms with Crippen LogP contribution in [0.15, 0.2) is 78.5 Å². The minimum Gasteiger partial charge on any atom is -0.463 e. The number of aromatic nitrogens is 1. The van der Waals surface area contributed by atoms with Crippen molar-refractivity contribution in [1.29, 1.82) is 0 Å². The first-order valence-corrected chi connectivity index (χ1v) is 9.39. The summed E-state index contributed by atoms with van der Waals surface area (Å²) in [5.41, 5.74) is 4.29. The highest BCUT2D eigenvalue weighted by atomic mass is 16.5. The molecule has 0 atom stereocenters. The summed E-state index contributed by atoms with van der Waals surface area (Å²) in [7, 11) is 0. The monoisotopic (exact) mass is 359 g/mol. The molecular formula is C24H25NO2. The average Bonchev–Trinajstić information content (AvgIpc) is 3.04. The Morgan fingerprint density at radius 2 is 1.78 bits per heavy atom. The molecule has 0 N–H and O–H groups in total. The van der Waals surface area contributed by atoms with Crippen molar-refractivity contribution in [2.75, 3.05) is 6.61 Å². The first-order chi connectivity index (χ1) is 13.2. The number of hydrogen-bond donors (Lipinski definition) is 0. The van der Waals surface area contributed by atoms with Crippen molar-refractivity contribution in [1.82, 2.24) is 4.57 Å². The fourth-order valence-electron chi connectivity index (χ4n) is 3.14. The van der Waals surface area contributed by atoms with E-state index >= 15 is 0 Å². The zero-order chi connectivity index (χ0) is 19.1. The van der Waals surface area contributed by atoms with Gasteiger partial charge in [0.2, 0.25) is 0 Å². The molecule has 3 heteroatoms. The molecule has 0 aliphatic carbocycles. The van der Waals surface area contributed by atoms with Crippen molar-refractivity contribution in [3.8, 4) is 0 Å². The van der Waals surface area contributed by atoms with Gasteiger partial charge in [-0.3, -0.25) is 0 Å². The maximum atomic E-state index is 11.9. The lowest BCUT2D eigenvalue weighted by Crippen LogP contribution is -2.06. The molecule has 3 aromatic rings. The zero-order valence-corrected chi connectivity index (χ0v) is 15.9. The summed E-state index contributed by atoms with van der Waals surface area (Å²) in [6.45, 7) is 5.01. The van der Waals surface area contributed by atoms with Crippen LogP contribution in [-0.2, 0) is 16.1 Å². The molecule has 0 bridgehead atoms. The molecule has 27 heavy (non-hydrogen) atoms. The van der Waals surface area contributed by atoms with Crippen molar-refractivity contribution in [2.45, 2.75) is 26.8 Å². The van der Waals surface area contributed by atoms with Gasteiger partial charge in [-0.25, -0.2) is 4.79 Å². The first kappa shape index (κ1) is 18.7. The van der Waals surface area contributed by atoms with E-state index in [0.29, 0.717) is 18.6 Å². The molecule has 3 rings (SSSR count). The standard InChI is InChI=1S/C24H25NO2/c1-3-20(24(26)27-4-2)13-10-14-21-18-25(17-19-11-6-5-7-12-19)23-16-9-8-15-22(21)23/h5-16,18H,3-4,17H2,1-2H3/b14-10+,20-13+.